The molecule has 1 aromatic carbocycles. The van der Waals surface area contributed by atoms with E-state index in [9.17, 15) is 0 Å². The average Bonchev–Trinajstić information content (AvgIpc) is 3.35. The fraction of sp³-hybridized carbons (Fsp3) is 0.421. The van der Waals surface area contributed by atoms with Crippen LogP contribution in [0.3, 0.4) is 0 Å². The van der Waals surface area contributed by atoms with Crippen LogP contribution in [0.5, 0.6) is 0 Å². The molecule has 4 rings (SSSR count). The van der Waals surface area contributed by atoms with Crippen molar-refractivity contribution < 1.29 is 4.52 Å². The van der Waals surface area contributed by atoms with Gasteiger partial charge in [0, 0.05) is 24.5 Å². The van der Waals surface area contributed by atoms with Crippen molar-refractivity contribution in [3.8, 4) is 11.4 Å². The third-order valence-corrected chi connectivity index (χ3v) is 4.91. The van der Waals surface area contributed by atoms with Gasteiger partial charge in [-0.3, -0.25) is 4.68 Å². The summed E-state index contributed by atoms with van der Waals surface area (Å²) in [5.74, 6) is 1.26. The number of nitrogens with zero attached hydrogens (tertiary/aromatic N) is 5. The second-order valence-electron chi connectivity index (χ2n) is 7.09. The van der Waals surface area contributed by atoms with Crippen molar-refractivity contribution in [1.82, 2.24) is 30.1 Å². The van der Waals surface area contributed by atoms with Crippen LogP contribution in [0.4, 0.5) is 0 Å². The van der Waals surface area contributed by atoms with Gasteiger partial charge in [-0.15, -0.1) is 0 Å². The molecule has 26 heavy (non-hydrogen) atoms. The Hall–Kier alpha value is -2.51. The highest BCUT2D eigenvalue weighted by Crippen LogP contribution is 2.34. The summed E-state index contributed by atoms with van der Waals surface area (Å²) in [4.78, 5) is 6.89. The first-order valence-electron chi connectivity index (χ1n) is 8.96. The molecule has 0 bridgehead atoms. The Kier molecular flexibility index (Phi) is 4.57. The van der Waals surface area contributed by atoms with Gasteiger partial charge in [-0.25, -0.2) is 0 Å². The van der Waals surface area contributed by atoms with Gasteiger partial charge in [-0.1, -0.05) is 29.4 Å². The standard InChI is InChI=1S/C19H24N6O/c1-24(2)14-15-4-6-16(7-5-15)17-22-18(26-23-17)19(8-11-20-12-9-19)25-13-3-10-21-25/h3-7,10,13,20H,8-9,11-12,14H2,1-2H3. The molecular formula is C19H24N6O. The topological polar surface area (TPSA) is 72.0 Å². The molecule has 2 aromatic heterocycles. The lowest BCUT2D eigenvalue weighted by atomic mass is 9.88. The van der Waals surface area contributed by atoms with Crippen LogP contribution in [0.25, 0.3) is 11.4 Å². The molecule has 1 fully saturated rings. The highest BCUT2D eigenvalue weighted by atomic mass is 16.5. The van der Waals surface area contributed by atoms with Crippen LogP contribution < -0.4 is 5.32 Å². The molecule has 0 atom stereocenters. The lowest BCUT2D eigenvalue weighted by Gasteiger charge is -2.34. The van der Waals surface area contributed by atoms with Gasteiger partial charge in [-0.2, -0.15) is 10.1 Å². The van der Waals surface area contributed by atoms with Crippen LogP contribution in [0.1, 0.15) is 24.3 Å². The average molecular weight is 352 g/mol. The summed E-state index contributed by atoms with van der Waals surface area (Å²) < 4.78 is 7.69. The third-order valence-electron chi connectivity index (χ3n) is 4.91. The summed E-state index contributed by atoms with van der Waals surface area (Å²) in [5.41, 5.74) is 1.85. The Morgan fingerprint density at radius 2 is 1.96 bits per heavy atom. The van der Waals surface area contributed by atoms with Crippen LogP contribution in [0.2, 0.25) is 0 Å². The molecule has 0 unspecified atom stereocenters. The van der Waals surface area contributed by atoms with E-state index in [-0.39, 0.29) is 5.54 Å². The molecule has 7 heteroatoms. The molecule has 1 saturated heterocycles. The van der Waals surface area contributed by atoms with Gasteiger partial charge in [0.2, 0.25) is 5.82 Å². The summed E-state index contributed by atoms with van der Waals surface area (Å²) in [6.45, 7) is 2.71. The number of hydrogen-bond donors (Lipinski definition) is 1. The lowest BCUT2D eigenvalue weighted by Crippen LogP contribution is -2.45. The van der Waals surface area contributed by atoms with Crippen molar-refractivity contribution in [3.63, 3.8) is 0 Å². The summed E-state index contributed by atoms with van der Waals surface area (Å²) in [5, 5.41) is 12.1. The zero-order valence-corrected chi connectivity index (χ0v) is 15.2. The molecule has 0 saturated carbocycles. The van der Waals surface area contributed by atoms with Gasteiger partial charge in [0.05, 0.1) is 0 Å². The van der Waals surface area contributed by atoms with Crippen molar-refractivity contribution in [2.45, 2.75) is 24.9 Å². The van der Waals surface area contributed by atoms with Crippen molar-refractivity contribution in [3.05, 3.63) is 54.2 Å². The molecule has 0 aliphatic carbocycles. The van der Waals surface area contributed by atoms with Crippen LogP contribution in [0, 0.1) is 0 Å². The first-order valence-corrected chi connectivity index (χ1v) is 8.96. The summed E-state index contributed by atoms with van der Waals surface area (Å²) in [6.07, 6.45) is 5.52. The van der Waals surface area contributed by atoms with E-state index in [1.165, 1.54) is 5.56 Å². The molecule has 3 heterocycles. The lowest BCUT2D eigenvalue weighted by molar-refractivity contribution is 0.172. The molecule has 1 N–H and O–H groups in total. The highest BCUT2D eigenvalue weighted by molar-refractivity contribution is 5.54. The Balaban J connectivity index is 1.64. The molecule has 0 spiro atoms. The smallest absolute Gasteiger partial charge is 0.255 e. The van der Waals surface area contributed by atoms with Gasteiger partial charge in [0.15, 0.2) is 0 Å². The number of nitrogens with one attached hydrogen (secondary N) is 1. The summed E-state index contributed by atoms with van der Waals surface area (Å²) in [6, 6.07) is 10.3. The molecule has 0 radical (unpaired) electrons. The van der Waals surface area contributed by atoms with Gasteiger partial charge in [0.25, 0.3) is 5.89 Å². The fourth-order valence-corrected chi connectivity index (χ4v) is 3.56. The maximum absolute atomic E-state index is 5.72. The van der Waals surface area contributed by atoms with Crippen LogP contribution in [0.15, 0.2) is 47.2 Å². The molecule has 1 aliphatic heterocycles. The maximum atomic E-state index is 5.72. The third kappa shape index (κ3) is 3.15. The fourth-order valence-electron chi connectivity index (χ4n) is 3.56. The van der Waals surface area contributed by atoms with E-state index in [0.29, 0.717) is 11.7 Å². The van der Waals surface area contributed by atoms with Gasteiger partial charge >= 0.3 is 0 Å². The first kappa shape index (κ1) is 16.9. The molecular weight excluding hydrogens is 328 g/mol. The predicted molar refractivity (Wildman–Crippen MR) is 98.5 cm³/mol. The Labute approximate surface area is 153 Å². The molecule has 3 aromatic rings. The SMILES string of the molecule is CN(C)Cc1ccc(-c2noc(C3(n4cccn4)CCNCC3)n2)cc1. The summed E-state index contributed by atoms with van der Waals surface area (Å²) >= 11 is 0. The van der Waals surface area contributed by atoms with Crippen molar-refractivity contribution in [2.24, 2.45) is 0 Å². The zero-order chi connectivity index (χ0) is 18.0. The van der Waals surface area contributed by atoms with Crippen molar-refractivity contribution in [2.75, 3.05) is 27.2 Å². The summed E-state index contributed by atoms with van der Waals surface area (Å²) in [7, 11) is 4.13. The first-order chi connectivity index (χ1) is 12.7. The largest absolute Gasteiger partial charge is 0.336 e. The Morgan fingerprint density at radius 3 is 2.62 bits per heavy atom. The minimum atomic E-state index is -0.370. The van der Waals surface area contributed by atoms with E-state index in [1.807, 2.05) is 16.9 Å². The molecule has 1 aliphatic rings. The minimum Gasteiger partial charge on any atom is -0.336 e. The number of rotatable bonds is 5. The van der Waals surface area contributed by atoms with Crippen LogP contribution in [-0.2, 0) is 12.1 Å². The Bertz CT molecular complexity index is 831. The van der Waals surface area contributed by atoms with Gasteiger partial charge in [0.1, 0.15) is 5.54 Å². The maximum Gasteiger partial charge on any atom is 0.255 e. The van der Waals surface area contributed by atoms with Crippen LogP contribution in [-0.4, -0.2) is 52.0 Å². The number of aromatic nitrogens is 4. The van der Waals surface area contributed by atoms with E-state index < -0.39 is 0 Å². The quantitative estimate of drug-likeness (QED) is 0.758. The highest BCUT2D eigenvalue weighted by Gasteiger charge is 2.41. The van der Waals surface area contributed by atoms with E-state index in [0.717, 1.165) is 38.0 Å². The molecule has 7 nitrogen and oxygen atoms in total. The van der Waals surface area contributed by atoms with Crippen molar-refractivity contribution in [1.29, 1.82) is 0 Å². The number of benzene rings is 1. The van der Waals surface area contributed by atoms with E-state index in [1.54, 1.807) is 6.20 Å². The number of piperidine rings is 1. The van der Waals surface area contributed by atoms with Gasteiger partial charge in [-0.05, 0) is 51.7 Å². The second kappa shape index (κ2) is 7.01. The van der Waals surface area contributed by atoms with E-state index in [2.05, 4.69) is 58.8 Å². The zero-order valence-electron chi connectivity index (χ0n) is 15.2. The van der Waals surface area contributed by atoms with Crippen molar-refractivity contribution >= 4 is 0 Å². The molecule has 0 amide bonds. The normalized spacial score (nSPS) is 16.9. The van der Waals surface area contributed by atoms with E-state index >= 15 is 0 Å². The Morgan fingerprint density at radius 1 is 1.19 bits per heavy atom. The number of hydrogen-bond acceptors (Lipinski definition) is 6. The van der Waals surface area contributed by atoms with Gasteiger partial charge < -0.3 is 14.7 Å². The monoisotopic (exact) mass is 352 g/mol. The van der Waals surface area contributed by atoms with Crippen LogP contribution >= 0.6 is 0 Å². The molecule has 136 valence electrons. The van der Waals surface area contributed by atoms with E-state index in [4.69, 9.17) is 9.51 Å². The predicted octanol–water partition coefficient (Wildman–Crippen LogP) is 2.12. The second-order valence-corrected chi connectivity index (χ2v) is 7.09. The minimum absolute atomic E-state index is 0.370.